The Bertz CT molecular complexity index is 364. The summed E-state index contributed by atoms with van der Waals surface area (Å²) >= 11 is 0. The molecule has 0 unspecified atom stereocenters. The molecule has 0 atom stereocenters. The van der Waals surface area contributed by atoms with Gasteiger partial charge in [-0.15, -0.1) is 0 Å². The van der Waals surface area contributed by atoms with Gasteiger partial charge in [0.2, 0.25) is 0 Å². The number of fused-ring (bicyclic) bond motifs is 1. The lowest BCUT2D eigenvalue weighted by atomic mass is 9.74. The molecule has 0 amide bonds. The average molecular weight is 190 g/mol. The summed E-state index contributed by atoms with van der Waals surface area (Å²) in [6.45, 7) is 6.60. The molecule has 2 rings (SSSR count). The van der Waals surface area contributed by atoms with Crippen LogP contribution in [0.3, 0.4) is 0 Å². The van der Waals surface area contributed by atoms with Crippen LogP contribution in [-0.2, 0) is 12.8 Å². The summed E-state index contributed by atoms with van der Waals surface area (Å²) in [5, 5.41) is 9.61. The van der Waals surface area contributed by atoms with Gasteiger partial charge in [-0.25, -0.2) is 0 Å². The zero-order valence-electron chi connectivity index (χ0n) is 9.22. The van der Waals surface area contributed by atoms with E-state index < -0.39 is 0 Å². The molecule has 76 valence electrons. The van der Waals surface area contributed by atoms with Crippen molar-refractivity contribution >= 4 is 0 Å². The van der Waals surface area contributed by atoms with Crippen molar-refractivity contribution in [3.8, 4) is 5.75 Å². The number of aromatic hydroxyl groups is 1. The topological polar surface area (TPSA) is 20.2 Å². The zero-order valence-corrected chi connectivity index (χ0v) is 9.22. The number of hydrogen-bond donors (Lipinski definition) is 1. The third-order valence-corrected chi connectivity index (χ3v) is 3.26. The molecular formula is C13H18O. The first-order chi connectivity index (χ1) is 6.48. The van der Waals surface area contributed by atoms with Crippen molar-refractivity contribution in [2.75, 3.05) is 0 Å². The predicted octanol–water partition coefficient (Wildman–Crippen LogP) is 3.22. The monoisotopic (exact) mass is 190 g/mol. The summed E-state index contributed by atoms with van der Waals surface area (Å²) in [5.74, 6) is 0.448. The molecule has 0 aliphatic heterocycles. The van der Waals surface area contributed by atoms with Gasteiger partial charge < -0.3 is 5.11 Å². The summed E-state index contributed by atoms with van der Waals surface area (Å²) in [5.41, 5.74) is 4.20. The number of hydrogen-bond acceptors (Lipinski definition) is 1. The van der Waals surface area contributed by atoms with Gasteiger partial charge in [0.15, 0.2) is 0 Å². The predicted molar refractivity (Wildman–Crippen MR) is 58.6 cm³/mol. The summed E-state index contributed by atoms with van der Waals surface area (Å²) in [6.07, 6.45) is 3.47. The maximum absolute atomic E-state index is 9.61. The van der Waals surface area contributed by atoms with Crippen LogP contribution in [0.5, 0.6) is 5.75 Å². The molecular weight excluding hydrogens is 172 g/mol. The van der Waals surface area contributed by atoms with Crippen LogP contribution in [0.2, 0.25) is 0 Å². The highest BCUT2D eigenvalue weighted by Crippen LogP contribution is 2.36. The fourth-order valence-corrected chi connectivity index (χ4v) is 2.27. The molecule has 1 aromatic carbocycles. The van der Waals surface area contributed by atoms with Crippen molar-refractivity contribution in [3.63, 3.8) is 0 Å². The van der Waals surface area contributed by atoms with E-state index in [2.05, 4.69) is 19.9 Å². The van der Waals surface area contributed by atoms with Crippen molar-refractivity contribution in [2.24, 2.45) is 5.41 Å². The molecule has 0 aromatic heterocycles. The molecule has 1 heteroatoms. The van der Waals surface area contributed by atoms with Crippen LogP contribution < -0.4 is 0 Å². The summed E-state index contributed by atoms with van der Waals surface area (Å²) < 4.78 is 0. The van der Waals surface area contributed by atoms with Crippen LogP contribution >= 0.6 is 0 Å². The van der Waals surface area contributed by atoms with E-state index in [1.165, 1.54) is 17.5 Å². The average Bonchev–Trinajstić information content (AvgIpc) is 2.07. The van der Waals surface area contributed by atoms with Crippen molar-refractivity contribution < 1.29 is 5.11 Å². The Balaban J connectivity index is 2.43. The second-order valence-electron chi connectivity index (χ2n) is 5.25. The lowest BCUT2D eigenvalue weighted by Crippen LogP contribution is -2.22. The molecule has 0 radical (unpaired) electrons. The minimum absolute atomic E-state index is 0.427. The van der Waals surface area contributed by atoms with E-state index in [1.54, 1.807) is 0 Å². The van der Waals surface area contributed by atoms with Crippen LogP contribution in [0.15, 0.2) is 12.1 Å². The molecule has 0 saturated heterocycles. The summed E-state index contributed by atoms with van der Waals surface area (Å²) in [7, 11) is 0. The molecule has 0 bridgehead atoms. The van der Waals surface area contributed by atoms with E-state index in [-0.39, 0.29) is 0 Å². The minimum Gasteiger partial charge on any atom is -0.508 e. The van der Waals surface area contributed by atoms with Gasteiger partial charge in [-0.1, -0.05) is 19.9 Å². The Kier molecular flexibility index (Phi) is 2.06. The first-order valence-corrected chi connectivity index (χ1v) is 5.29. The Hall–Kier alpha value is -0.980. The maximum Gasteiger partial charge on any atom is 0.118 e. The smallest absolute Gasteiger partial charge is 0.118 e. The third-order valence-electron chi connectivity index (χ3n) is 3.26. The fraction of sp³-hybridized carbons (Fsp3) is 0.538. The number of phenolic OH excluding ortho intramolecular Hbond substituents is 1. The van der Waals surface area contributed by atoms with Gasteiger partial charge in [0.1, 0.15) is 5.75 Å². The van der Waals surface area contributed by atoms with E-state index >= 15 is 0 Å². The third kappa shape index (κ3) is 1.63. The lowest BCUT2D eigenvalue weighted by Gasteiger charge is -2.31. The van der Waals surface area contributed by atoms with Crippen LogP contribution in [0.4, 0.5) is 0 Å². The maximum atomic E-state index is 9.61. The van der Waals surface area contributed by atoms with E-state index in [1.807, 2.05) is 13.0 Å². The van der Waals surface area contributed by atoms with Gasteiger partial charge in [-0.2, -0.15) is 0 Å². The highest BCUT2D eigenvalue weighted by atomic mass is 16.3. The van der Waals surface area contributed by atoms with E-state index in [0.717, 1.165) is 18.4 Å². The van der Waals surface area contributed by atoms with Gasteiger partial charge in [0.05, 0.1) is 0 Å². The highest BCUT2D eigenvalue weighted by Gasteiger charge is 2.25. The van der Waals surface area contributed by atoms with Crippen LogP contribution in [0.25, 0.3) is 0 Å². The fourth-order valence-electron chi connectivity index (χ4n) is 2.27. The number of phenols is 1. The van der Waals surface area contributed by atoms with Gasteiger partial charge in [0.25, 0.3) is 0 Å². The normalized spacial score (nSPS) is 19.1. The number of rotatable bonds is 0. The van der Waals surface area contributed by atoms with E-state index in [9.17, 15) is 5.11 Å². The Morgan fingerprint density at radius 3 is 2.64 bits per heavy atom. The Morgan fingerprint density at radius 2 is 1.93 bits per heavy atom. The van der Waals surface area contributed by atoms with Gasteiger partial charge in [0, 0.05) is 0 Å². The first kappa shape index (κ1) is 9.57. The largest absolute Gasteiger partial charge is 0.508 e. The lowest BCUT2D eigenvalue weighted by molar-refractivity contribution is 0.314. The first-order valence-electron chi connectivity index (χ1n) is 5.29. The molecule has 1 N–H and O–H groups in total. The van der Waals surface area contributed by atoms with Crippen molar-refractivity contribution in [1.82, 2.24) is 0 Å². The summed E-state index contributed by atoms with van der Waals surface area (Å²) in [4.78, 5) is 0. The molecule has 1 aliphatic rings. The van der Waals surface area contributed by atoms with E-state index in [0.29, 0.717) is 11.2 Å². The van der Waals surface area contributed by atoms with E-state index in [4.69, 9.17) is 0 Å². The second-order valence-corrected chi connectivity index (χ2v) is 5.25. The van der Waals surface area contributed by atoms with Crippen molar-refractivity contribution in [1.29, 1.82) is 0 Å². The molecule has 0 heterocycles. The Morgan fingerprint density at radius 1 is 1.21 bits per heavy atom. The number of benzene rings is 1. The quantitative estimate of drug-likeness (QED) is 0.666. The second kappa shape index (κ2) is 3.01. The molecule has 1 aliphatic carbocycles. The molecule has 1 aromatic rings. The van der Waals surface area contributed by atoms with Gasteiger partial charge in [-0.3, -0.25) is 0 Å². The van der Waals surface area contributed by atoms with Gasteiger partial charge >= 0.3 is 0 Å². The molecule has 0 fully saturated rings. The van der Waals surface area contributed by atoms with Crippen molar-refractivity contribution in [3.05, 3.63) is 28.8 Å². The summed E-state index contributed by atoms with van der Waals surface area (Å²) in [6, 6.07) is 4.09. The highest BCUT2D eigenvalue weighted by molar-refractivity contribution is 5.42. The molecule has 0 saturated carbocycles. The molecule has 14 heavy (non-hydrogen) atoms. The minimum atomic E-state index is 0.427. The van der Waals surface area contributed by atoms with Crippen LogP contribution in [-0.4, -0.2) is 5.11 Å². The Labute approximate surface area is 85.8 Å². The van der Waals surface area contributed by atoms with Crippen molar-refractivity contribution in [2.45, 2.75) is 40.0 Å². The zero-order chi connectivity index (χ0) is 10.3. The van der Waals surface area contributed by atoms with Gasteiger partial charge in [-0.05, 0) is 54.4 Å². The number of aryl methyl sites for hydroxylation is 2. The molecule has 0 spiro atoms. The van der Waals surface area contributed by atoms with Crippen LogP contribution in [0, 0.1) is 12.3 Å². The standard InChI is InChI=1S/C13H18O/c1-9-6-11-8-13(2,3)5-4-10(11)7-12(9)14/h6-7,14H,4-5,8H2,1-3H3. The SMILES string of the molecule is Cc1cc2c(cc1O)CCC(C)(C)C2. The molecule has 1 nitrogen and oxygen atoms in total. The van der Waals surface area contributed by atoms with Crippen LogP contribution in [0.1, 0.15) is 37.0 Å².